The first-order chi connectivity index (χ1) is 6.96. The highest BCUT2D eigenvalue weighted by atomic mass is 79.9. The van der Waals surface area contributed by atoms with E-state index < -0.39 is 0 Å². The van der Waals surface area contributed by atoms with Gasteiger partial charge in [0.05, 0.1) is 5.56 Å². The van der Waals surface area contributed by atoms with Crippen molar-refractivity contribution < 1.29 is 4.79 Å². The van der Waals surface area contributed by atoms with Crippen molar-refractivity contribution in [2.24, 2.45) is 0 Å². The zero-order valence-electron chi connectivity index (χ0n) is 8.68. The molecule has 2 nitrogen and oxygen atoms in total. The molecule has 0 aromatic heterocycles. The number of rotatable bonds is 3. The Hall–Kier alpha value is -0.350. The van der Waals surface area contributed by atoms with Crippen LogP contribution < -0.4 is 5.32 Å². The Morgan fingerprint density at radius 1 is 1.40 bits per heavy atom. The van der Waals surface area contributed by atoms with Gasteiger partial charge in [0.25, 0.3) is 5.91 Å². The molecule has 15 heavy (non-hydrogen) atoms. The van der Waals surface area contributed by atoms with Crippen LogP contribution in [0.4, 0.5) is 0 Å². The molecule has 82 valence electrons. The summed E-state index contributed by atoms with van der Waals surface area (Å²) in [5, 5.41) is 3.67. The van der Waals surface area contributed by atoms with Crippen LogP contribution in [-0.4, -0.2) is 16.8 Å². The Morgan fingerprint density at radius 3 is 2.53 bits per heavy atom. The lowest BCUT2D eigenvalue weighted by Crippen LogP contribution is -2.44. The third-order valence-corrected chi connectivity index (χ3v) is 4.00. The maximum atomic E-state index is 11.9. The average Bonchev–Trinajstić information content (AvgIpc) is 2.17. The van der Waals surface area contributed by atoms with Crippen LogP contribution in [0, 0.1) is 0 Å². The highest BCUT2D eigenvalue weighted by Gasteiger charge is 2.20. The standard InChI is InChI=1S/C11H13Br2NO/c1-11(2,7-12)14-10(15)8-5-3-4-6-9(8)13/h3-6H,7H2,1-2H3,(H,14,15). The maximum absolute atomic E-state index is 11.9. The van der Waals surface area contributed by atoms with E-state index in [1.807, 2.05) is 32.0 Å². The van der Waals surface area contributed by atoms with Crippen LogP contribution in [0.25, 0.3) is 0 Å². The predicted octanol–water partition coefficient (Wildman–Crippen LogP) is 3.35. The molecule has 1 aromatic rings. The molecule has 1 rings (SSSR count). The number of hydrogen-bond acceptors (Lipinski definition) is 1. The molecule has 0 heterocycles. The van der Waals surface area contributed by atoms with Gasteiger partial charge in [-0.15, -0.1) is 0 Å². The van der Waals surface area contributed by atoms with Gasteiger partial charge >= 0.3 is 0 Å². The van der Waals surface area contributed by atoms with E-state index in [-0.39, 0.29) is 11.4 Å². The van der Waals surface area contributed by atoms with E-state index >= 15 is 0 Å². The second-order valence-corrected chi connectivity index (χ2v) is 5.37. The molecule has 0 unspecified atom stereocenters. The van der Waals surface area contributed by atoms with Gasteiger partial charge in [-0.3, -0.25) is 4.79 Å². The Bertz CT molecular complexity index is 363. The van der Waals surface area contributed by atoms with Crippen molar-refractivity contribution in [2.75, 3.05) is 5.33 Å². The van der Waals surface area contributed by atoms with Crippen molar-refractivity contribution in [3.05, 3.63) is 34.3 Å². The molecule has 1 amide bonds. The first-order valence-electron chi connectivity index (χ1n) is 4.59. The first kappa shape index (κ1) is 12.7. The molecule has 1 N–H and O–H groups in total. The van der Waals surface area contributed by atoms with Crippen molar-refractivity contribution in [1.82, 2.24) is 5.32 Å². The lowest BCUT2D eigenvalue weighted by molar-refractivity contribution is 0.0920. The third kappa shape index (κ3) is 3.61. The van der Waals surface area contributed by atoms with Gasteiger partial charge in [0.1, 0.15) is 0 Å². The second-order valence-electron chi connectivity index (χ2n) is 3.95. The summed E-state index contributed by atoms with van der Waals surface area (Å²) in [7, 11) is 0. The van der Waals surface area contributed by atoms with E-state index in [2.05, 4.69) is 37.2 Å². The van der Waals surface area contributed by atoms with Crippen LogP contribution in [0.1, 0.15) is 24.2 Å². The fraction of sp³-hybridized carbons (Fsp3) is 0.364. The van der Waals surface area contributed by atoms with Gasteiger partial charge < -0.3 is 5.32 Å². The number of benzene rings is 1. The van der Waals surface area contributed by atoms with Crippen molar-refractivity contribution in [2.45, 2.75) is 19.4 Å². The Balaban J connectivity index is 2.83. The van der Waals surface area contributed by atoms with E-state index in [4.69, 9.17) is 0 Å². The quantitative estimate of drug-likeness (QED) is 0.844. The molecule has 0 saturated carbocycles. The molecule has 0 saturated heterocycles. The molecule has 0 fully saturated rings. The van der Waals surface area contributed by atoms with E-state index in [1.165, 1.54) is 0 Å². The molecule has 4 heteroatoms. The van der Waals surface area contributed by atoms with Gasteiger partial charge in [-0.2, -0.15) is 0 Å². The van der Waals surface area contributed by atoms with Crippen LogP contribution in [0.2, 0.25) is 0 Å². The first-order valence-corrected chi connectivity index (χ1v) is 6.51. The van der Waals surface area contributed by atoms with Crippen LogP contribution in [0.5, 0.6) is 0 Å². The number of hydrogen-bond donors (Lipinski definition) is 1. The number of amides is 1. The zero-order chi connectivity index (χ0) is 11.5. The summed E-state index contributed by atoms with van der Waals surface area (Å²) in [6.45, 7) is 3.94. The summed E-state index contributed by atoms with van der Waals surface area (Å²) in [6, 6.07) is 7.39. The lowest BCUT2D eigenvalue weighted by atomic mass is 10.1. The van der Waals surface area contributed by atoms with Gasteiger partial charge in [-0.05, 0) is 41.9 Å². The molecule has 0 spiro atoms. The number of alkyl halides is 1. The highest BCUT2D eigenvalue weighted by Crippen LogP contribution is 2.17. The molecule has 1 aromatic carbocycles. The van der Waals surface area contributed by atoms with E-state index in [0.29, 0.717) is 5.56 Å². The summed E-state index contributed by atoms with van der Waals surface area (Å²) in [6.07, 6.45) is 0. The lowest BCUT2D eigenvalue weighted by Gasteiger charge is -2.23. The van der Waals surface area contributed by atoms with E-state index in [0.717, 1.165) is 9.80 Å². The number of carbonyl (C=O) groups is 1. The summed E-state index contributed by atoms with van der Waals surface area (Å²) >= 11 is 6.72. The Kier molecular flexibility index (Phi) is 4.34. The fourth-order valence-electron chi connectivity index (χ4n) is 1.05. The minimum atomic E-state index is -0.244. The minimum Gasteiger partial charge on any atom is -0.346 e. The molecular weight excluding hydrogens is 322 g/mol. The number of carbonyl (C=O) groups excluding carboxylic acids is 1. The minimum absolute atomic E-state index is 0.0630. The van der Waals surface area contributed by atoms with Crippen LogP contribution in [0.15, 0.2) is 28.7 Å². The smallest absolute Gasteiger partial charge is 0.252 e. The summed E-state index contributed by atoms with van der Waals surface area (Å²) in [5.41, 5.74) is 0.415. The molecule has 0 aliphatic heterocycles. The van der Waals surface area contributed by atoms with Gasteiger partial charge in [0, 0.05) is 15.3 Å². The summed E-state index contributed by atoms with van der Waals surface area (Å²) in [4.78, 5) is 11.9. The normalized spacial score (nSPS) is 11.2. The van der Waals surface area contributed by atoms with Crippen molar-refractivity contribution in [3.63, 3.8) is 0 Å². The van der Waals surface area contributed by atoms with Crippen molar-refractivity contribution in [1.29, 1.82) is 0 Å². The Morgan fingerprint density at radius 2 is 2.00 bits per heavy atom. The SMILES string of the molecule is CC(C)(CBr)NC(=O)c1ccccc1Br. The van der Waals surface area contributed by atoms with Crippen LogP contribution >= 0.6 is 31.9 Å². The maximum Gasteiger partial charge on any atom is 0.252 e. The summed E-state index contributed by atoms with van der Waals surface area (Å²) in [5.74, 6) is -0.0630. The predicted molar refractivity (Wildman–Crippen MR) is 69.5 cm³/mol. The second kappa shape index (κ2) is 5.12. The molecule has 0 atom stereocenters. The largest absolute Gasteiger partial charge is 0.346 e. The van der Waals surface area contributed by atoms with Crippen molar-refractivity contribution >= 4 is 37.8 Å². The van der Waals surface area contributed by atoms with Gasteiger partial charge in [0.2, 0.25) is 0 Å². The molecule has 0 aliphatic carbocycles. The molecular formula is C11H13Br2NO. The van der Waals surface area contributed by atoms with E-state index in [1.54, 1.807) is 6.07 Å². The van der Waals surface area contributed by atoms with Crippen molar-refractivity contribution in [3.8, 4) is 0 Å². The number of halogens is 2. The van der Waals surface area contributed by atoms with Gasteiger partial charge in [-0.1, -0.05) is 28.1 Å². The van der Waals surface area contributed by atoms with Gasteiger partial charge in [0.15, 0.2) is 0 Å². The third-order valence-electron chi connectivity index (χ3n) is 1.90. The zero-order valence-corrected chi connectivity index (χ0v) is 11.9. The average molecular weight is 335 g/mol. The fourth-order valence-corrected chi connectivity index (χ4v) is 1.66. The highest BCUT2D eigenvalue weighted by molar-refractivity contribution is 9.10. The Labute approximate surface area is 107 Å². The van der Waals surface area contributed by atoms with Gasteiger partial charge in [-0.25, -0.2) is 0 Å². The summed E-state index contributed by atoms with van der Waals surface area (Å²) < 4.78 is 0.813. The monoisotopic (exact) mass is 333 g/mol. The molecule has 0 bridgehead atoms. The molecule has 0 aliphatic rings. The van der Waals surface area contributed by atoms with Crippen LogP contribution in [0.3, 0.4) is 0 Å². The van der Waals surface area contributed by atoms with E-state index in [9.17, 15) is 4.79 Å². The van der Waals surface area contributed by atoms with Crippen LogP contribution in [-0.2, 0) is 0 Å². The number of nitrogens with one attached hydrogen (secondary N) is 1. The topological polar surface area (TPSA) is 29.1 Å². The molecule has 0 radical (unpaired) electrons.